The van der Waals surface area contributed by atoms with E-state index in [1.807, 2.05) is 26.0 Å². The number of benzene rings is 1. The number of carbonyl (C=O) groups excluding carboxylic acids is 1. The monoisotopic (exact) mass is 291 g/mol. The molecule has 0 N–H and O–H groups in total. The van der Waals surface area contributed by atoms with Crippen LogP contribution >= 0.6 is 0 Å². The zero-order chi connectivity index (χ0) is 15.6. The molecule has 1 heterocycles. The number of morpholine rings is 1. The Labute approximate surface area is 127 Å². The van der Waals surface area contributed by atoms with Crippen LogP contribution in [0.2, 0.25) is 0 Å². The predicted octanol–water partition coefficient (Wildman–Crippen LogP) is 2.60. The summed E-state index contributed by atoms with van der Waals surface area (Å²) in [7, 11) is 1.65. The lowest BCUT2D eigenvalue weighted by molar-refractivity contribution is -0.0652. The van der Waals surface area contributed by atoms with Crippen LogP contribution in [0, 0.1) is 13.8 Å². The van der Waals surface area contributed by atoms with E-state index >= 15 is 0 Å². The molecule has 0 aromatic heterocycles. The number of methoxy groups -OCH3 is 1. The van der Waals surface area contributed by atoms with Crippen LogP contribution in [0.1, 0.15) is 35.3 Å². The van der Waals surface area contributed by atoms with Crippen molar-refractivity contribution in [3.05, 3.63) is 28.8 Å². The molecule has 0 aliphatic carbocycles. The van der Waals surface area contributed by atoms with E-state index in [4.69, 9.17) is 9.47 Å². The Kier molecular flexibility index (Phi) is 5.01. The van der Waals surface area contributed by atoms with Crippen LogP contribution in [-0.2, 0) is 4.74 Å². The molecule has 0 bridgehead atoms. The third-order valence-electron chi connectivity index (χ3n) is 3.90. The van der Waals surface area contributed by atoms with Crippen molar-refractivity contribution in [3.8, 4) is 5.75 Å². The highest BCUT2D eigenvalue weighted by Gasteiger charge is 2.24. The minimum atomic E-state index is 0.166. The molecular formula is C17H25NO3. The molecule has 1 fully saturated rings. The number of Topliss-reactive ketones (excluding diaryl/α,β-unsaturated/α-hetero) is 1. The summed E-state index contributed by atoms with van der Waals surface area (Å²) in [4.78, 5) is 14.8. The molecule has 0 saturated carbocycles. The van der Waals surface area contributed by atoms with E-state index in [2.05, 4.69) is 18.7 Å². The van der Waals surface area contributed by atoms with Gasteiger partial charge in [0, 0.05) is 18.7 Å². The third-order valence-corrected chi connectivity index (χ3v) is 3.90. The average molecular weight is 291 g/mol. The predicted molar refractivity (Wildman–Crippen MR) is 83.2 cm³/mol. The first-order chi connectivity index (χ1) is 9.90. The Morgan fingerprint density at radius 2 is 1.86 bits per heavy atom. The van der Waals surface area contributed by atoms with Crippen LogP contribution in [0.15, 0.2) is 12.1 Å². The lowest BCUT2D eigenvalue weighted by Crippen LogP contribution is -2.47. The largest absolute Gasteiger partial charge is 0.496 e. The Balaban J connectivity index is 2.11. The van der Waals surface area contributed by atoms with Crippen LogP contribution < -0.4 is 4.74 Å². The summed E-state index contributed by atoms with van der Waals surface area (Å²) in [6.45, 7) is 10.1. The van der Waals surface area contributed by atoms with Gasteiger partial charge in [-0.05, 0) is 51.0 Å². The number of rotatable bonds is 4. The van der Waals surface area contributed by atoms with Gasteiger partial charge in [-0.15, -0.1) is 0 Å². The highest BCUT2D eigenvalue weighted by molar-refractivity contribution is 5.99. The summed E-state index contributed by atoms with van der Waals surface area (Å²) >= 11 is 0. The molecule has 1 saturated heterocycles. The lowest BCUT2D eigenvalue weighted by Gasteiger charge is -2.34. The summed E-state index contributed by atoms with van der Waals surface area (Å²) in [5, 5.41) is 0. The van der Waals surface area contributed by atoms with Gasteiger partial charge in [0.15, 0.2) is 5.78 Å². The van der Waals surface area contributed by atoms with E-state index < -0.39 is 0 Å². The average Bonchev–Trinajstić information content (AvgIpc) is 2.39. The number of hydrogen-bond acceptors (Lipinski definition) is 4. The molecule has 1 aliphatic rings. The number of aryl methyl sites for hydroxylation is 2. The lowest BCUT2D eigenvalue weighted by atomic mass is 10.0. The first kappa shape index (κ1) is 16.0. The maximum atomic E-state index is 12.6. The second kappa shape index (κ2) is 6.58. The minimum absolute atomic E-state index is 0.166. The molecule has 0 spiro atoms. The van der Waals surface area contributed by atoms with Crippen molar-refractivity contribution in [3.63, 3.8) is 0 Å². The normalized spacial score (nSPS) is 23.1. The van der Waals surface area contributed by atoms with Crippen molar-refractivity contribution in [2.45, 2.75) is 39.9 Å². The van der Waals surface area contributed by atoms with Crippen LogP contribution in [0.25, 0.3) is 0 Å². The Hall–Kier alpha value is -1.39. The number of ether oxygens (including phenoxy) is 2. The molecule has 0 radical (unpaired) electrons. The Morgan fingerprint density at radius 3 is 2.43 bits per heavy atom. The zero-order valence-corrected chi connectivity index (χ0v) is 13.6. The maximum Gasteiger partial charge on any atom is 0.177 e. The summed E-state index contributed by atoms with van der Waals surface area (Å²) in [5.74, 6) is 0.997. The zero-order valence-electron chi connectivity index (χ0n) is 13.6. The van der Waals surface area contributed by atoms with Gasteiger partial charge in [-0.2, -0.15) is 0 Å². The van der Waals surface area contributed by atoms with Gasteiger partial charge in [0.05, 0.1) is 25.9 Å². The van der Waals surface area contributed by atoms with Crippen LogP contribution in [0.3, 0.4) is 0 Å². The molecule has 2 atom stereocenters. The van der Waals surface area contributed by atoms with Gasteiger partial charge in [-0.25, -0.2) is 0 Å². The molecule has 116 valence electrons. The number of hydrogen-bond donors (Lipinski definition) is 0. The number of ketones is 1. The van der Waals surface area contributed by atoms with Gasteiger partial charge >= 0.3 is 0 Å². The van der Waals surface area contributed by atoms with Crippen molar-refractivity contribution in [1.82, 2.24) is 4.90 Å². The molecule has 0 amide bonds. The highest BCUT2D eigenvalue weighted by Crippen LogP contribution is 2.23. The van der Waals surface area contributed by atoms with Crippen molar-refractivity contribution in [2.24, 2.45) is 0 Å². The van der Waals surface area contributed by atoms with Gasteiger partial charge < -0.3 is 9.47 Å². The van der Waals surface area contributed by atoms with E-state index in [1.165, 1.54) is 0 Å². The number of nitrogens with zero attached hydrogens (tertiary/aromatic N) is 1. The van der Waals surface area contributed by atoms with Gasteiger partial charge in [0.2, 0.25) is 0 Å². The van der Waals surface area contributed by atoms with Crippen molar-refractivity contribution in [1.29, 1.82) is 0 Å². The fraction of sp³-hybridized carbons (Fsp3) is 0.588. The van der Waals surface area contributed by atoms with Gasteiger partial charge in [-0.3, -0.25) is 9.69 Å². The van der Waals surface area contributed by atoms with Gasteiger partial charge in [-0.1, -0.05) is 0 Å². The van der Waals surface area contributed by atoms with E-state index in [0.29, 0.717) is 6.54 Å². The molecule has 1 aliphatic heterocycles. The molecule has 1 aromatic rings. The standard InChI is InChI=1S/C17H25NO3/c1-11-7-17(20-5)12(2)6-15(11)16(19)10-18-8-13(3)21-14(4)9-18/h6-7,13-14H,8-10H2,1-5H3. The van der Waals surface area contributed by atoms with E-state index in [1.54, 1.807) is 7.11 Å². The summed E-state index contributed by atoms with van der Waals surface area (Å²) in [6, 6.07) is 3.87. The summed E-state index contributed by atoms with van der Waals surface area (Å²) in [5.41, 5.74) is 2.76. The fourth-order valence-electron chi connectivity index (χ4n) is 3.01. The molecule has 2 rings (SSSR count). The van der Waals surface area contributed by atoms with Crippen molar-refractivity contribution in [2.75, 3.05) is 26.7 Å². The first-order valence-electron chi connectivity index (χ1n) is 7.47. The fourth-order valence-corrected chi connectivity index (χ4v) is 3.01. The topological polar surface area (TPSA) is 38.8 Å². The highest BCUT2D eigenvalue weighted by atomic mass is 16.5. The summed E-state index contributed by atoms with van der Waals surface area (Å²) < 4.78 is 11.0. The SMILES string of the molecule is COc1cc(C)c(C(=O)CN2CC(C)OC(C)C2)cc1C. The molecule has 21 heavy (non-hydrogen) atoms. The second-order valence-electron chi connectivity index (χ2n) is 6.01. The quantitative estimate of drug-likeness (QED) is 0.799. The Bertz CT molecular complexity index is 517. The van der Waals surface area contributed by atoms with Crippen LogP contribution in [0.5, 0.6) is 5.75 Å². The first-order valence-corrected chi connectivity index (χ1v) is 7.47. The minimum Gasteiger partial charge on any atom is -0.496 e. The number of carbonyl (C=O) groups is 1. The second-order valence-corrected chi connectivity index (χ2v) is 6.01. The van der Waals surface area contributed by atoms with E-state index in [0.717, 1.165) is 35.5 Å². The van der Waals surface area contributed by atoms with Crippen molar-refractivity contribution >= 4 is 5.78 Å². The van der Waals surface area contributed by atoms with Crippen LogP contribution in [0.4, 0.5) is 0 Å². The molecular weight excluding hydrogens is 266 g/mol. The molecule has 4 heteroatoms. The van der Waals surface area contributed by atoms with Gasteiger partial charge in [0.1, 0.15) is 5.75 Å². The third kappa shape index (κ3) is 3.83. The summed E-state index contributed by atoms with van der Waals surface area (Å²) in [6.07, 6.45) is 0.362. The maximum absolute atomic E-state index is 12.6. The molecule has 2 unspecified atom stereocenters. The van der Waals surface area contributed by atoms with Crippen molar-refractivity contribution < 1.29 is 14.3 Å². The van der Waals surface area contributed by atoms with Crippen LogP contribution in [-0.4, -0.2) is 49.6 Å². The van der Waals surface area contributed by atoms with Gasteiger partial charge in [0.25, 0.3) is 0 Å². The van der Waals surface area contributed by atoms with E-state index in [-0.39, 0.29) is 18.0 Å². The Morgan fingerprint density at radius 1 is 1.24 bits per heavy atom. The molecule has 4 nitrogen and oxygen atoms in total. The van der Waals surface area contributed by atoms with E-state index in [9.17, 15) is 4.79 Å². The smallest absolute Gasteiger partial charge is 0.177 e. The molecule has 1 aromatic carbocycles.